The summed E-state index contributed by atoms with van der Waals surface area (Å²) in [5.41, 5.74) is 2.80. The Bertz CT molecular complexity index is 958. The van der Waals surface area contributed by atoms with Gasteiger partial charge >= 0.3 is 0 Å². The minimum atomic E-state index is -3.91. The molecule has 25 heavy (non-hydrogen) atoms. The van der Waals surface area contributed by atoms with Crippen molar-refractivity contribution in [3.63, 3.8) is 0 Å². The average Bonchev–Trinajstić information content (AvgIpc) is 3.15. The molecule has 2 amide bonds. The second kappa shape index (κ2) is 6.02. The Balaban J connectivity index is 1.85. The van der Waals surface area contributed by atoms with Crippen molar-refractivity contribution >= 4 is 21.8 Å². The predicted molar refractivity (Wildman–Crippen MR) is 85.2 cm³/mol. The van der Waals surface area contributed by atoms with Gasteiger partial charge < -0.3 is 14.0 Å². The molecule has 0 atom stereocenters. The van der Waals surface area contributed by atoms with Crippen LogP contribution in [0.4, 0.5) is 0 Å². The highest BCUT2D eigenvalue weighted by Gasteiger charge is 2.26. The van der Waals surface area contributed by atoms with E-state index in [1.54, 1.807) is 22.6 Å². The van der Waals surface area contributed by atoms with Crippen molar-refractivity contribution in [2.45, 2.75) is 18.1 Å². The zero-order chi connectivity index (χ0) is 18.4. The maximum Gasteiger partial charge on any atom is 0.276 e. The Morgan fingerprint density at radius 1 is 1.28 bits per heavy atom. The van der Waals surface area contributed by atoms with E-state index < -0.39 is 15.9 Å². The lowest BCUT2D eigenvalue weighted by Crippen LogP contribution is -2.38. The lowest BCUT2D eigenvalue weighted by Gasteiger charge is -2.28. The molecule has 134 valence electrons. The Hall–Kier alpha value is -2.63. The average molecular weight is 367 g/mol. The fourth-order valence-electron chi connectivity index (χ4n) is 2.92. The largest absolute Gasteiger partial charge is 0.347 e. The van der Waals surface area contributed by atoms with Crippen LogP contribution in [0.15, 0.2) is 29.4 Å². The Kier molecular flexibility index (Phi) is 4.14. The molecule has 0 fully saturated rings. The first-order chi connectivity index (χ1) is 11.7. The second-order valence-electron chi connectivity index (χ2n) is 5.74. The Labute approximate surface area is 143 Å². The number of hydroxylamine groups is 1. The normalized spacial score (nSPS) is 14.3. The molecule has 0 bridgehead atoms. The number of carbonyl (C=O) groups is 2. The summed E-state index contributed by atoms with van der Waals surface area (Å²) in [6.45, 7) is 1.14. The molecule has 1 aliphatic heterocycles. The van der Waals surface area contributed by atoms with Gasteiger partial charge in [-0.15, -0.1) is 0 Å². The number of nitrogens with zero attached hydrogens (tertiary/aromatic N) is 3. The van der Waals surface area contributed by atoms with Crippen molar-refractivity contribution in [3.8, 4) is 0 Å². The molecule has 4 N–H and O–H groups in total. The highest BCUT2D eigenvalue weighted by molar-refractivity contribution is 7.89. The minimum Gasteiger partial charge on any atom is -0.347 e. The molecule has 0 saturated carbocycles. The SMILES string of the molecule is Cn1c(C(=O)N2CCn3cc(C(=O)NO)cc3C2)ccc1S(N)(=O)=O. The number of aromatic nitrogens is 2. The number of carbonyl (C=O) groups excluding carboxylic acids is 2. The van der Waals surface area contributed by atoms with Crippen LogP contribution in [0.3, 0.4) is 0 Å². The number of rotatable bonds is 3. The summed E-state index contributed by atoms with van der Waals surface area (Å²) in [7, 11) is -2.45. The van der Waals surface area contributed by atoms with E-state index in [2.05, 4.69) is 0 Å². The molecule has 10 nitrogen and oxygen atoms in total. The zero-order valence-electron chi connectivity index (χ0n) is 13.3. The van der Waals surface area contributed by atoms with Crippen molar-refractivity contribution < 1.29 is 23.2 Å². The first-order valence-electron chi connectivity index (χ1n) is 7.33. The zero-order valence-corrected chi connectivity index (χ0v) is 14.2. The van der Waals surface area contributed by atoms with Gasteiger partial charge in [-0.3, -0.25) is 14.8 Å². The van der Waals surface area contributed by atoms with Gasteiger partial charge in [0.1, 0.15) is 5.69 Å². The van der Waals surface area contributed by atoms with Crippen molar-refractivity contribution in [2.24, 2.45) is 12.2 Å². The summed E-state index contributed by atoms with van der Waals surface area (Å²) < 4.78 is 26.1. The van der Waals surface area contributed by atoms with Crippen LogP contribution >= 0.6 is 0 Å². The van der Waals surface area contributed by atoms with Gasteiger partial charge in [0.2, 0.25) is 0 Å². The van der Waals surface area contributed by atoms with E-state index in [0.717, 1.165) is 5.69 Å². The topological polar surface area (TPSA) is 140 Å². The summed E-state index contributed by atoms with van der Waals surface area (Å²) in [5, 5.41) is 13.7. The number of sulfonamides is 1. The number of nitrogens with two attached hydrogens (primary N) is 1. The second-order valence-corrected chi connectivity index (χ2v) is 7.25. The molecule has 3 rings (SSSR count). The Morgan fingerprint density at radius 2 is 2.00 bits per heavy atom. The number of amides is 2. The first-order valence-corrected chi connectivity index (χ1v) is 8.88. The van der Waals surface area contributed by atoms with Gasteiger partial charge in [-0.05, 0) is 18.2 Å². The molecule has 2 aromatic heterocycles. The van der Waals surface area contributed by atoms with E-state index in [1.807, 2.05) is 4.57 Å². The highest BCUT2D eigenvalue weighted by atomic mass is 32.2. The monoisotopic (exact) mass is 367 g/mol. The van der Waals surface area contributed by atoms with Gasteiger partial charge in [0, 0.05) is 32.0 Å². The summed E-state index contributed by atoms with van der Waals surface area (Å²) in [5.74, 6) is -0.960. The highest BCUT2D eigenvalue weighted by Crippen LogP contribution is 2.20. The molecule has 11 heteroatoms. The number of nitrogens with one attached hydrogen (secondary N) is 1. The third-order valence-electron chi connectivity index (χ3n) is 4.19. The summed E-state index contributed by atoms with van der Waals surface area (Å²) in [6.07, 6.45) is 1.60. The van der Waals surface area contributed by atoms with Gasteiger partial charge in [0.15, 0.2) is 5.03 Å². The molecule has 1 aliphatic rings. The molecule has 0 aliphatic carbocycles. The standard InChI is InChI=1S/C14H17N5O5S/c1-17-11(2-3-12(17)25(15,23)24)14(21)19-5-4-18-7-9(13(20)16-22)6-10(18)8-19/h2-3,6-7,22H,4-5,8H2,1H3,(H,16,20)(H2,15,23,24). The van der Waals surface area contributed by atoms with E-state index in [-0.39, 0.29) is 23.2 Å². The van der Waals surface area contributed by atoms with Crippen molar-refractivity contribution in [2.75, 3.05) is 6.54 Å². The molecular weight excluding hydrogens is 350 g/mol. The quantitative estimate of drug-likeness (QED) is 0.484. The smallest absolute Gasteiger partial charge is 0.276 e. The first kappa shape index (κ1) is 17.2. The fraction of sp³-hybridized carbons (Fsp3) is 0.286. The molecular formula is C14H17N5O5S. The lowest BCUT2D eigenvalue weighted by molar-refractivity contribution is 0.0696. The molecule has 2 aromatic rings. The van der Waals surface area contributed by atoms with Gasteiger partial charge in [-0.2, -0.15) is 0 Å². The van der Waals surface area contributed by atoms with Gasteiger partial charge in [-0.1, -0.05) is 0 Å². The third kappa shape index (κ3) is 3.04. The van der Waals surface area contributed by atoms with E-state index in [1.165, 1.54) is 23.7 Å². The summed E-state index contributed by atoms with van der Waals surface area (Å²) in [4.78, 5) is 25.7. The number of primary sulfonamides is 1. The molecule has 3 heterocycles. The predicted octanol–water partition coefficient (Wildman–Crippen LogP) is -0.751. The summed E-state index contributed by atoms with van der Waals surface area (Å²) in [6, 6.07) is 4.30. The maximum absolute atomic E-state index is 12.7. The van der Waals surface area contributed by atoms with E-state index in [9.17, 15) is 18.0 Å². The van der Waals surface area contributed by atoms with Crippen molar-refractivity contribution in [3.05, 3.63) is 41.3 Å². The van der Waals surface area contributed by atoms with E-state index in [4.69, 9.17) is 10.3 Å². The van der Waals surface area contributed by atoms with E-state index in [0.29, 0.717) is 18.7 Å². The van der Waals surface area contributed by atoms with Gasteiger partial charge in [0.05, 0.1) is 12.1 Å². The summed E-state index contributed by atoms with van der Waals surface area (Å²) >= 11 is 0. The molecule has 0 unspecified atom stereocenters. The number of hydrogen-bond acceptors (Lipinski definition) is 5. The van der Waals surface area contributed by atoms with Crippen molar-refractivity contribution in [1.29, 1.82) is 0 Å². The Morgan fingerprint density at radius 3 is 2.60 bits per heavy atom. The minimum absolute atomic E-state index is 0.141. The van der Waals surface area contributed by atoms with Crippen molar-refractivity contribution in [1.82, 2.24) is 19.5 Å². The maximum atomic E-state index is 12.7. The third-order valence-corrected chi connectivity index (χ3v) is 5.18. The number of hydrogen-bond donors (Lipinski definition) is 3. The molecule has 0 radical (unpaired) electrons. The van der Waals surface area contributed by atoms with Crippen LogP contribution in [0.1, 0.15) is 26.5 Å². The van der Waals surface area contributed by atoms with Crippen LogP contribution in [-0.2, 0) is 30.2 Å². The van der Waals surface area contributed by atoms with Crippen LogP contribution in [0, 0.1) is 0 Å². The number of fused-ring (bicyclic) bond motifs is 1. The van der Waals surface area contributed by atoms with Crippen LogP contribution in [0.5, 0.6) is 0 Å². The van der Waals surface area contributed by atoms with Crippen LogP contribution in [0.25, 0.3) is 0 Å². The molecule has 0 aromatic carbocycles. The molecule has 0 spiro atoms. The van der Waals surface area contributed by atoms with Crippen LogP contribution < -0.4 is 10.6 Å². The van der Waals surface area contributed by atoms with Gasteiger partial charge in [-0.25, -0.2) is 19.0 Å². The van der Waals surface area contributed by atoms with E-state index >= 15 is 0 Å². The van der Waals surface area contributed by atoms with Crippen LogP contribution in [-0.4, -0.2) is 46.0 Å². The molecule has 0 saturated heterocycles. The fourth-order valence-corrected chi connectivity index (χ4v) is 3.65. The van der Waals surface area contributed by atoms with Gasteiger partial charge in [0.25, 0.3) is 21.8 Å². The van der Waals surface area contributed by atoms with Crippen LogP contribution in [0.2, 0.25) is 0 Å². The lowest BCUT2D eigenvalue weighted by atomic mass is 10.2.